The number of carbonyl (C=O) groups is 2. The first kappa shape index (κ1) is 48.2. The first-order valence-electron chi connectivity index (χ1n) is 20.0. The molecule has 0 aromatic rings. The molecule has 10 heteroatoms. The average molecular weight is 747 g/mol. The Bertz CT molecular complexity index is 1090. The number of aliphatic hydroxyl groups is 4. The van der Waals surface area contributed by atoms with Crippen LogP contribution in [0.4, 0.5) is 0 Å². The Labute approximate surface area is 319 Å². The largest absolute Gasteiger partial charge is 0.462 e. The fraction of sp³-hybridized carbons (Fsp3) is 0.674. The molecule has 53 heavy (non-hydrogen) atoms. The van der Waals surface area contributed by atoms with Crippen molar-refractivity contribution in [2.75, 3.05) is 19.8 Å². The maximum atomic E-state index is 12.6. The Morgan fingerprint density at radius 2 is 1.11 bits per heavy atom. The highest BCUT2D eigenvalue weighted by Crippen LogP contribution is 2.22. The highest BCUT2D eigenvalue weighted by Gasteiger charge is 2.44. The summed E-state index contributed by atoms with van der Waals surface area (Å²) < 4.78 is 21.9. The van der Waals surface area contributed by atoms with Gasteiger partial charge in [0.05, 0.1) is 13.2 Å². The Balaban J connectivity index is 2.41. The number of unbranched alkanes of at least 4 members (excludes halogenated alkanes) is 8. The van der Waals surface area contributed by atoms with E-state index < -0.39 is 55.4 Å². The Morgan fingerprint density at radius 1 is 0.604 bits per heavy atom. The number of carbonyl (C=O) groups excluding carboxylic acids is 2. The highest BCUT2D eigenvalue weighted by molar-refractivity contribution is 5.70. The third-order valence-electron chi connectivity index (χ3n) is 8.62. The summed E-state index contributed by atoms with van der Waals surface area (Å²) >= 11 is 0. The van der Waals surface area contributed by atoms with Gasteiger partial charge in [-0.15, -0.1) is 0 Å². The molecule has 4 N–H and O–H groups in total. The molecule has 0 amide bonds. The van der Waals surface area contributed by atoms with E-state index in [1.54, 1.807) is 0 Å². The van der Waals surface area contributed by atoms with E-state index in [1.807, 2.05) is 12.2 Å². The fourth-order valence-corrected chi connectivity index (χ4v) is 5.45. The van der Waals surface area contributed by atoms with E-state index in [0.717, 1.165) is 57.8 Å². The van der Waals surface area contributed by atoms with Crippen molar-refractivity contribution in [3.63, 3.8) is 0 Å². The predicted molar refractivity (Wildman–Crippen MR) is 210 cm³/mol. The van der Waals surface area contributed by atoms with Crippen LogP contribution >= 0.6 is 0 Å². The van der Waals surface area contributed by atoms with Gasteiger partial charge in [-0.2, -0.15) is 0 Å². The quantitative estimate of drug-likeness (QED) is 0.0316. The van der Waals surface area contributed by atoms with Crippen LogP contribution in [0.2, 0.25) is 0 Å². The van der Waals surface area contributed by atoms with Gasteiger partial charge in [0.15, 0.2) is 12.4 Å². The molecule has 1 aliphatic rings. The molecular weight excluding hydrogens is 676 g/mol. The van der Waals surface area contributed by atoms with E-state index in [9.17, 15) is 30.0 Å². The fourth-order valence-electron chi connectivity index (χ4n) is 5.45. The topological polar surface area (TPSA) is 152 Å². The van der Waals surface area contributed by atoms with Crippen LogP contribution in [0.3, 0.4) is 0 Å². The van der Waals surface area contributed by atoms with E-state index in [4.69, 9.17) is 18.9 Å². The van der Waals surface area contributed by atoms with Gasteiger partial charge in [-0.25, -0.2) is 0 Å². The lowest BCUT2D eigenvalue weighted by atomic mass is 9.99. The predicted octanol–water partition coefficient (Wildman–Crippen LogP) is 7.66. The first-order valence-corrected chi connectivity index (χ1v) is 20.0. The summed E-state index contributed by atoms with van der Waals surface area (Å²) in [5.41, 5.74) is 0. The Kier molecular flexibility index (Phi) is 30.6. The maximum Gasteiger partial charge on any atom is 0.306 e. The summed E-state index contributed by atoms with van der Waals surface area (Å²) in [5.74, 6) is -0.915. The second-order valence-electron chi connectivity index (χ2n) is 13.4. The van der Waals surface area contributed by atoms with Gasteiger partial charge in [0.1, 0.15) is 31.0 Å². The molecule has 0 radical (unpaired) electrons. The SMILES string of the molecule is CC/C=C/C/C=C/C/C=C/C/C=C/C/C=C/C/C=C/CCC(=O)OC[C@@H](CO[C@H]1O[C@@H](CO)[C@@H](O)C(O)C1O)OC(=O)CCCCCCCCCCC. The van der Waals surface area contributed by atoms with Crippen LogP contribution in [0.5, 0.6) is 0 Å². The zero-order chi connectivity index (χ0) is 38.8. The maximum absolute atomic E-state index is 12.6. The average Bonchev–Trinajstić information content (AvgIpc) is 3.15. The minimum absolute atomic E-state index is 0.148. The second kappa shape index (κ2) is 33.7. The van der Waals surface area contributed by atoms with E-state index >= 15 is 0 Å². The monoisotopic (exact) mass is 746 g/mol. The smallest absolute Gasteiger partial charge is 0.306 e. The molecule has 0 aromatic carbocycles. The van der Waals surface area contributed by atoms with Crippen LogP contribution in [0, 0.1) is 0 Å². The summed E-state index contributed by atoms with van der Waals surface area (Å²) in [7, 11) is 0. The lowest BCUT2D eigenvalue weighted by molar-refractivity contribution is -0.305. The van der Waals surface area contributed by atoms with Crippen LogP contribution in [-0.4, -0.2) is 89.0 Å². The van der Waals surface area contributed by atoms with Crippen LogP contribution < -0.4 is 0 Å². The standard InChI is InChI=1S/C43H70O10/c1-3-5-7-9-11-13-14-15-16-17-18-19-20-21-22-24-25-27-29-31-38(45)50-34-36(35-51-43-42(49)41(48)40(47)37(33-44)53-43)52-39(46)32-30-28-26-23-12-10-8-6-4-2/h5,7,11,13,15-16,18-19,21-22,25,27,36-37,40-44,47-49H,3-4,6,8-10,12,14,17,20,23-24,26,28-35H2,1-2H3/b7-5+,13-11+,16-15+,19-18+,22-21+,27-25+/t36-,37-,40+,41?,42?,43-/m0/s1. The molecule has 1 fully saturated rings. The van der Waals surface area contributed by atoms with Gasteiger partial charge in [-0.3, -0.25) is 9.59 Å². The van der Waals surface area contributed by atoms with Crippen LogP contribution in [0.25, 0.3) is 0 Å². The van der Waals surface area contributed by atoms with Gasteiger partial charge in [0, 0.05) is 12.8 Å². The van der Waals surface area contributed by atoms with Gasteiger partial charge in [0.25, 0.3) is 0 Å². The molecule has 1 aliphatic heterocycles. The van der Waals surface area contributed by atoms with Crippen molar-refractivity contribution >= 4 is 11.9 Å². The summed E-state index contributed by atoms with van der Waals surface area (Å²) in [6, 6.07) is 0. The van der Waals surface area contributed by atoms with Gasteiger partial charge in [-0.1, -0.05) is 138 Å². The Morgan fingerprint density at radius 3 is 1.64 bits per heavy atom. The molecule has 0 aromatic heterocycles. The number of esters is 2. The molecule has 302 valence electrons. The van der Waals surface area contributed by atoms with Gasteiger partial charge in [-0.05, 0) is 51.4 Å². The Hall–Kier alpha value is -2.86. The van der Waals surface area contributed by atoms with Crippen molar-refractivity contribution in [1.82, 2.24) is 0 Å². The van der Waals surface area contributed by atoms with Crippen LogP contribution in [0.15, 0.2) is 72.9 Å². The molecule has 0 spiro atoms. The molecule has 1 heterocycles. The van der Waals surface area contributed by atoms with Crippen molar-refractivity contribution in [3.8, 4) is 0 Å². The summed E-state index contributed by atoms with van der Waals surface area (Å²) in [4.78, 5) is 25.1. The number of hydrogen-bond acceptors (Lipinski definition) is 10. The second-order valence-corrected chi connectivity index (χ2v) is 13.4. The van der Waals surface area contributed by atoms with Crippen molar-refractivity contribution in [2.45, 2.75) is 166 Å². The minimum atomic E-state index is -1.61. The summed E-state index contributed by atoms with van der Waals surface area (Å²) in [5, 5.41) is 39.9. The minimum Gasteiger partial charge on any atom is -0.462 e. The third kappa shape index (κ3) is 25.7. The summed E-state index contributed by atoms with van der Waals surface area (Å²) in [6.45, 7) is 3.17. The van der Waals surface area contributed by atoms with Crippen molar-refractivity contribution in [2.24, 2.45) is 0 Å². The number of ether oxygens (including phenoxy) is 4. The van der Waals surface area contributed by atoms with E-state index in [0.29, 0.717) is 12.8 Å². The van der Waals surface area contributed by atoms with E-state index in [2.05, 4.69) is 74.6 Å². The molecule has 2 unspecified atom stereocenters. The van der Waals surface area contributed by atoms with E-state index in [-0.39, 0.29) is 26.1 Å². The number of aliphatic hydroxyl groups excluding tert-OH is 4. The van der Waals surface area contributed by atoms with Gasteiger partial charge >= 0.3 is 11.9 Å². The van der Waals surface area contributed by atoms with Crippen LogP contribution in [-0.2, 0) is 28.5 Å². The zero-order valence-electron chi connectivity index (χ0n) is 32.5. The molecule has 0 saturated carbocycles. The molecule has 0 aliphatic carbocycles. The molecular formula is C43H70O10. The van der Waals surface area contributed by atoms with Crippen molar-refractivity contribution in [1.29, 1.82) is 0 Å². The molecule has 10 nitrogen and oxygen atoms in total. The number of hydrogen-bond donors (Lipinski definition) is 4. The molecule has 1 saturated heterocycles. The molecule has 1 rings (SSSR count). The number of rotatable bonds is 31. The number of allylic oxidation sites excluding steroid dienone is 12. The zero-order valence-corrected chi connectivity index (χ0v) is 32.5. The van der Waals surface area contributed by atoms with Crippen molar-refractivity contribution < 1.29 is 49.0 Å². The lowest BCUT2D eigenvalue weighted by Crippen LogP contribution is -2.59. The highest BCUT2D eigenvalue weighted by atomic mass is 16.7. The third-order valence-corrected chi connectivity index (χ3v) is 8.62. The normalized spacial score (nSPS) is 21.7. The van der Waals surface area contributed by atoms with Crippen LogP contribution in [0.1, 0.15) is 129 Å². The van der Waals surface area contributed by atoms with Crippen molar-refractivity contribution in [3.05, 3.63) is 72.9 Å². The van der Waals surface area contributed by atoms with E-state index in [1.165, 1.54) is 32.1 Å². The summed E-state index contributed by atoms with van der Waals surface area (Å²) in [6.07, 6.45) is 33.6. The van der Waals surface area contributed by atoms with Gasteiger partial charge in [0.2, 0.25) is 0 Å². The molecule has 0 bridgehead atoms. The van der Waals surface area contributed by atoms with Gasteiger partial charge < -0.3 is 39.4 Å². The molecule has 6 atom stereocenters. The first-order chi connectivity index (χ1) is 25.8. The lowest BCUT2D eigenvalue weighted by Gasteiger charge is -2.39.